The van der Waals surface area contributed by atoms with Crippen LogP contribution in [0.2, 0.25) is 0 Å². The van der Waals surface area contributed by atoms with E-state index in [0.29, 0.717) is 11.4 Å². The molecule has 5 rings (SSSR count). The number of aryl methyl sites for hydroxylation is 1. The van der Waals surface area contributed by atoms with Crippen molar-refractivity contribution in [2.45, 2.75) is 39.0 Å². The molecule has 0 radical (unpaired) electrons. The van der Waals surface area contributed by atoms with E-state index in [1.54, 1.807) is 18.7 Å². The largest absolute Gasteiger partial charge is 0.384 e. The molecule has 7 heteroatoms. The SMILES string of the molecule is Cc1cc(-n2ccnc2)cc2[nH]c(-c3c(NCCC4=CCCCC4)cc[nH]c3=O)nc12. The summed E-state index contributed by atoms with van der Waals surface area (Å²) < 4.78 is 1.95. The topological polar surface area (TPSA) is 91.4 Å². The summed E-state index contributed by atoms with van der Waals surface area (Å²) in [5, 5.41) is 3.46. The van der Waals surface area contributed by atoms with Gasteiger partial charge >= 0.3 is 0 Å². The van der Waals surface area contributed by atoms with Gasteiger partial charge in [-0.2, -0.15) is 0 Å². The van der Waals surface area contributed by atoms with Crippen LogP contribution in [0.4, 0.5) is 5.69 Å². The van der Waals surface area contributed by atoms with Gasteiger partial charge in [-0.15, -0.1) is 0 Å². The molecule has 0 spiro atoms. The lowest BCUT2D eigenvalue weighted by molar-refractivity contribution is 0.679. The summed E-state index contributed by atoms with van der Waals surface area (Å²) in [7, 11) is 0. The van der Waals surface area contributed by atoms with Crippen molar-refractivity contribution in [3.05, 3.63) is 70.7 Å². The molecule has 7 nitrogen and oxygen atoms in total. The highest BCUT2D eigenvalue weighted by atomic mass is 16.1. The van der Waals surface area contributed by atoms with Gasteiger partial charge in [0.15, 0.2) is 0 Å². The molecule has 1 aromatic carbocycles. The Morgan fingerprint density at radius 3 is 3.00 bits per heavy atom. The van der Waals surface area contributed by atoms with Crippen molar-refractivity contribution in [2.24, 2.45) is 0 Å². The summed E-state index contributed by atoms with van der Waals surface area (Å²) in [6.07, 6.45) is 15.4. The summed E-state index contributed by atoms with van der Waals surface area (Å²) in [5.74, 6) is 0.571. The predicted molar refractivity (Wildman–Crippen MR) is 124 cm³/mol. The van der Waals surface area contributed by atoms with Crippen LogP contribution in [0.25, 0.3) is 28.1 Å². The summed E-state index contributed by atoms with van der Waals surface area (Å²) >= 11 is 0. The van der Waals surface area contributed by atoms with E-state index in [0.717, 1.165) is 40.9 Å². The van der Waals surface area contributed by atoms with Crippen LogP contribution in [0.15, 0.2) is 59.6 Å². The van der Waals surface area contributed by atoms with Crippen molar-refractivity contribution in [3.63, 3.8) is 0 Å². The van der Waals surface area contributed by atoms with E-state index in [4.69, 9.17) is 4.98 Å². The predicted octanol–water partition coefficient (Wildman–Crippen LogP) is 4.71. The summed E-state index contributed by atoms with van der Waals surface area (Å²) in [4.78, 5) is 27.8. The lowest BCUT2D eigenvalue weighted by atomic mass is 9.97. The lowest BCUT2D eigenvalue weighted by Gasteiger charge is -2.14. The van der Waals surface area contributed by atoms with E-state index in [1.165, 1.54) is 31.3 Å². The lowest BCUT2D eigenvalue weighted by Crippen LogP contribution is -2.14. The van der Waals surface area contributed by atoms with E-state index >= 15 is 0 Å². The zero-order chi connectivity index (χ0) is 21.2. The third-order valence-corrected chi connectivity index (χ3v) is 5.91. The summed E-state index contributed by atoms with van der Waals surface area (Å²) in [6.45, 7) is 2.83. The molecular weight excluding hydrogens is 388 g/mol. The van der Waals surface area contributed by atoms with E-state index in [-0.39, 0.29) is 5.56 Å². The van der Waals surface area contributed by atoms with E-state index in [1.807, 2.05) is 29.8 Å². The standard InChI is InChI=1S/C24H26N6O/c1-16-13-18(30-12-11-25-15-30)14-20-22(16)29-23(28-20)21-19(8-10-27-24(21)31)26-9-7-17-5-3-2-4-6-17/h5,8,10-15H,2-4,6-7,9H2,1H3,(H,28,29)(H2,26,27,31). The molecule has 31 heavy (non-hydrogen) atoms. The van der Waals surface area contributed by atoms with Gasteiger partial charge < -0.3 is 19.9 Å². The van der Waals surface area contributed by atoms with Crippen molar-refractivity contribution < 1.29 is 0 Å². The molecule has 4 aromatic rings. The zero-order valence-electron chi connectivity index (χ0n) is 17.6. The van der Waals surface area contributed by atoms with E-state index in [2.05, 4.69) is 32.4 Å². The molecule has 0 atom stereocenters. The first-order valence-electron chi connectivity index (χ1n) is 10.8. The Labute approximate surface area is 180 Å². The van der Waals surface area contributed by atoms with Crippen molar-refractivity contribution >= 4 is 16.7 Å². The number of allylic oxidation sites excluding steroid dienone is 1. The minimum Gasteiger partial charge on any atom is -0.384 e. The van der Waals surface area contributed by atoms with Crippen LogP contribution in [0.3, 0.4) is 0 Å². The molecule has 158 valence electrons. The quantitative estimate of drug-likeness (QED) is 0.398. The number of anilines is 1. The van der Waals surface area contributed by atoms with Gasteiger partial charge in [-0.05, 0) is 62.8 Å². The Morgan fingerprint density at radius 2 is 2.19 bits per heavy atom. The second-order valence-corrected chi connectivity index (χ2v) is 8.09. The maximum absolute atomic E-state index is 12.7. The molecule has 0 saturated carbocycles. The smallest absolute Gasteiger partial charge is 0.261 e. The fourth-order valence-electron chi connectivity index (χ4n) is 4.30. The third kappa shape index (κ3) is 3.91. The van der Waals surface area contributed by atoms with Crippen molar-refractivity contribution in [1.29, 1.82) is 0 Å². The molecule has 3 aromatic heterocycles. The number of rotatable bonds is 6. The van der Waals surface area contributed by atoms with Gasteiger partial charge in [-0.1, -0.05) is 11.6 Å². The highest BCUT2D eigenvalue weighted by Crippen LogP contribution is 2.28. The number of H-pyrrole nitrogens is 2. The highest BCUT2D eigenvalue weighted by molar-refractivity contribution is 5.86. The summed E-state index contributed by atoms with van der Waals surface area (Å²) in [6, 6.07) is 6.00. The van der Waals surface area contributed by atoms with Crippen molar-refractivity contribution in [1.82, 2.24) is 24.5 Å². The number of nitrogens with one attached hydrogen (secondary N) is 3. The molecule has 0 bridgehead atoms. The fraction of sp³-hybridized carbons (Fsp3) is 0.292. The Balaban J connectivity index is 1.47. The maximum Gasteiger partial charge on any atom is 0.261 e. The molecule has 0 amide bonds. The number of hydrogen-bond donors (Lipinski definition) is 3. The van der Waals surface area contributed by atoms with Crippen molar-refractivity contribution in [2.75, 3.05) is 11.9 Å². The monoisotopic (exact) mass is 414 g/mol. The Hall–Kier alpha value is -3.61. The molecule has 0 fully saturated rings. The molecule has 1 aliphatic carbocycles. The van der Waals surface area contributed by atoms with Gasteiger partial charge in [0, 0.05) is 30.8 Å². The van der Waals surface area contributed by atoms with Crippen LogP contribution >= 0.6 is 0 Å². The van der Waals surface area contributed by atoms with Crippen LogP contribution in [-0.4, -0.2) is 31.0 Å². The van der Waals surface area contributed by atoms with Gasteiger partial charge in [0.25, 0.3) is 5.56 Å². The fourth-order valence-corrected chi connectivity index (χ4v) is 4.30. The molecule has 1 aliphatic rings. The number of fused-ring (bicyclic) bond motifs is 1. The zero-order valence-corrected chi connectivity index (χ0v) is 17.6. The Bertz CT molecular complexity index is 1300. The van der Waals surface area contributed by atoms with Crippen molar-refractivity contribution in [3.8, 4) is 17.1 Å². The van der Waals surface area contributed by atoms with Gasteiger partial charge in [-0.3, -0.25) is 4.79 Å². The first-order valence-corrected chi connectivity index (χ1v) is 10.8. The summed E-state index contributed by atoms with van der Waals surface area (Å²) in [5.41, 5.74) is 6.48. The van der Waals surface area contributed by atoms with Crippen LogP contribution in [0.5, 0.6) is 0 Å². The molecule has 0 unspecified atom stereocenters. The van der Waals surface area contributed by atoms with Gasteiger partial charge in [0.1, 0.15) is 11.4 Å². The number of pyridine rings is 1. The molecule has 0 aliphatic heterocycles. The molecule has 3 N–H and O–H groups in total. The second-order valence-electron chi connectivity index (χ2n) is 8.09. The third-order valence-electron chi connectivity index (χ3n) is 5.91. The van der Waals surface area contributed by atoms with E-state index < -0.39 is 0 Å². The van der Waals surface area contributed by atoms with Gasteiger partial charge in [0.2, 0.25) is 0 Å². The number of imidazole rings is 2. The Morgan fingerprint density at radius 1 is 1.26 bits per heavy atom. The van der Waals surface area contributed by atoms with Crippen LogP contribution in [0.1, 0.15) is 37.7 Å². The normalized spacial score (nSPS) is 14.0. The molecule has 0 saturated heterocycles. The first kappa shape index (κ1) is 19.4. The average Bonchev–Trinajstić information content (AvgIpc) is 3.45. The minimum atomic E-state index is -0.159. The minimum absolute atomic E-state index is 0.159. The number of aromatic amines is 2. The number of nitrogens with zero attached hydrogens (tertiary/aromatic N) is 3. The van der Waals surface area contributed by atoms with E-state index in [9.17, 15) is 4.79 Å². The number of aromatic nitrogens is 5. The number of benzene rings is 1. The van der Waals surface area contributed by atoms with Crippen LogP contribution in [0, 0.1) is 6.92 Å². The second kappa shape index (κ2) is 8.26. The van der Waals surface area contributed by atoms with Crippen LogP contribution < -0.4 is 10.9 Å². The average molecular weight is 415 g/mol. The van der Waals surface area contributed by atoms with Crippen LogP contribution in [-0.2, 0) is 0 Å². The molecule has 3 heterocycles. The van der Waals surface area contributed by atoms with Gasteiger partial charge in [0.05, 0.1) is 23.0 Å². The first-order chi connectivity index (χ1) is 15.2. The Kier molecular flexibility index (Phi) is 5.16. The maximum atomic E-state index is 12.7. The van der Waals surface area contributed by atoms with Gasteiger partial charge in [-0.25, -0.2) is 9.97 Å². The number of hydrogen-bond acceptors (Lipinski definition) is 4. The molecular formula is C24H26N6O. The highest BCUT2D eigenvalue weighted by Gasteiger charge is 2.16.